The third-order valence-electron chi connectivity index (χ3n) is 2.54. The monoisotopic (exact) mass is 240 g/mol. The molecular weight excluding hydrogens is 220 g/mol. The number of aliphatic carboxylic acids is 1. The highest BCUT2D eigenvalue weighted by molar-refractivity contribution is 5.74. The Bertz CT molecular complexity index is 319. The van der Waals surface area contributed by atoms with Crippen molar-refractivity contribution in [3.63, 3.8) is 0 Å². The van der Waals surface area contributed by atoms with Crippen molar-refractivity contribution in [2.75, 3.05) is 0 Å². The number of allylic oxidation sites excluding steroid dienone is 2. The fraction of sp³-hybridized carbons (Fsp3) is 0.615. The summed E-state index contributed by atoms with van der Waals surface area (Å²) in [7, 11) is 0. The zero-order valence-electron chi connectivity index (χ0n) is 10.6. The van der Waals surface area contributed by atoms with Crippen LogP contribution in [0.5, 0.6) is 0 Å². The van der Waals surface area contributed by atoms with Crippen LogP contribution in [0, 0.1) is 5.92 Å². The van der Waals surface area contributed by atoms with E-state index in [-0.39, 0.29) is 0 Å². The first-order chi connectivity index (χ1) is 7.85. The molecule has 1 rings (SSSR count). The van der Waals surface area contributed by atoms with Crippen molar-refractivity contribution in [1.82, 2.24) is 0 Å². The van der Waals surface area contributed by atoms with Gasteiger partial charge in [0.1, 0.15) is 6.10 Å². The number of carboxylic acids is 1. The van der Waals surface area contributed by atoms with Crippen molar-refractivity contribution in [3.05, 3.63) is 24.8 Å². The maximum Gasteiger partial charge on any atom is 0.336 e. The Kier molecular flexibility index (Phi) is 4.48. The minimum Gasteiger partial charge on any atom is -0.479 e. The van der Waals surface area contributed by atoms with E-state index in [0.717, 1.165) is 6.42 Å². The van der Waals surface area contributed by atoms with Crippen LogP contribution in [-0.2, 0) is 14.3 Å². The predicted molar refractivity (Wildman–Crippen MR) is 64.6 cm³/mol. The Morgan fingerprint density at radius 2 is 2.18 bits per heavy atom. The average Bonchev–Trinajstić information content (AvgIpc) is 2.51. The van der Waals surface area contributed by atoms with Gasteiger partial charge in [-0.05, 0) is 26.2 Å². The zero-order chi connectivity index (χ0) is 13.1. The number of hydrogen-bond donors (Lipinski definition) is 1. The van der Waals surface area contributed by atoms with Crippen molar-refractivity contribution in [2.24, 2.45) is 5.92 Å². The second-order valence-corrected chi connectivity index (χ2v) is 4.75. The fourth-order valence-electron chi connectivity index (χ4n) is 1.76. The van der Waals surface area contributed by atoms with E-state index in [1.165, 1.54) is 0 Å². The van der Waals surface area contributed by atoms with E-state index in [9.17, 15) is 4.79 Å². The second-order valence-electron chi connectivity index (χ2n) is 4.75. The van der Waals surface area contributed by atoms with E-state index in [1.54, 1.807) is 19.9 Å². The average molecular weight is 240 g/mol. The Morgan fingerprint density at radius 1 is 1.53 bits per heavy atom. The van der Waals surface area contributed by atoms with Crippen molar-refractivity contribution in [3.8, 4) is 0 Å². The molecule has 0 aromatic carbocycles. The number of rotatable bonds is 5. The first-order valence-electron chi connectivity index (χ1n) is 5.73. The molecule has 1 heterocycles. The number of ether oxygens (including phenoxy) is 2. The maximum absolute atomic E-state index is 11.0. The van der Waals surface area contributed by atoms with Crippen LogP contribution in [0.3, 0.4) is 0 Å². The fourth-order valence-corrected chi connectivity index (χ4v) is 1.76. The van der Waals surface area contributed by atoms with Gasteiger partial charge >= 0.3 is 5.97 Å². The molecule has 0 unspecified atom stereocenters. The minimum absolute atomic E-state index is 0.314. The Labute approximate surface area is 102 Å². The lowest BCUT2D eigenvalue weighted by atomic mass is 10.1. The van der Waals surface area contributed by atoms with Crippen LogP contribution in [-0.4, -0.2) is 29.1 Å². The van der Waals surface area contributed by atoms with Gasteiger partial charge in [-0.15, -0.1) is 6.58 Å². The molecule has 17 heavy (non-hydrogen) atoms. The zero-order valence-corrected chi connectivity index (χ0v) is 10.6. The lowest BCUT2D eigenvalue weighted by Gasteiger charge is -2.15. The molecule has 1 aliphatic heterocycles. The van der Waals surface area contributed by atoms with Gasteiger partial charge < -0.3 is 14.6 Å². The molecule has 0 aromatic rings. The summed E-state index contributed by atoms with van der Waals surface area (Å²) >= 11 is 0. The van der Waals surface area contributed by atoms with Crippen LogP contribution < -0.4 is 0 Å². The van der Waals surface area contributed by atoms with E-state index in [2.05, 4.69) is 6.58 Å². The molecule has 0 aliphatic carbocycles. The molecule has 4 nitrogen and oxygen atoms in total. The van der Waals surface area contributed by atoms with Crippen LogP contribution in [0.15, 0.2) is 24.8 Å². The molecule has 0 spiro atoms. The van der Waals surface area contributed by atoms with E-state index >= 15 is 0 Å². The van der Waals surface area contributed by atoms with Gasteiger partial charge in [0, 0.05) is 0 Å². The molecule has 3 atom stereocenters. The van der Waals surface area contributed by atoms with Crippen LogP contribution in [0.2, 0.25) is 0 Å². The largest absolute Gasteiger partial charge is 0.479 e. The summed E-state index contributed by atoms with van der Waals surface area (Å²) in [6, 6.07) is 0. The van der Waals surface area contributed by atoms with Gasteiger partial charge in [-0.1, -0.05) is 25.2 Å². The van der Waals surface area contributed by atoms with Gasteiger partial charge in [0.2, 0.25) is 0 Å². The summed E-state index contributed by atoms with van der Waals surface area (Å²) in [4.78, 5) is 11.0. The van der Waals surface area contributed by atoms with Crippen molar-refractivity contribution >= 4 is 5.97 Å². The summed E-state index contributed by atoms with van der Waals surface area (Å²) in [6.45, 7) is 9.12. The quantitative estimate of drug-likeness (QED) is 0.749. The lowest BCUT2D eigenvalue weighted by molar-refractivity contribution is -0.165. The molecule has 1 saturated heterocycles. The van der Waals surface area contributed by atoms with Gasteiger partial charge in [-0.2, -0.15) is 0 Å². The Hall–Kier alpha value is -1.13. The topological polar surface area (TPSA) is 55.8 Å². The van der Waals surface area contributed by atoms with Gasteiger partial charge in [-0.3, -0.25) is 0 Å². The summed E-state index contributed by atoms with van der Waals surface area (Å²) in [5, 5.41) is 9.03. The van der Waals surface area contributed by atoms with Gasteiger partial charge in [-0.25, -0.2) is 4.79 Å². The van der Waals surface area contributed by atoms with Gasteiger partial charge in [0.25, 0.3) is 0 Å². The molecule has 0 radical (unpaired) electrons. The van der Waals surface area contributed by atoms with E-state index < -0.39 is 24.0 Å². The first kappa shape index (κ1) is 13.9. The van der Waals surface area contributed by atoms with Gasteiger partial charge in [0.15, 0.2) is 11.9 Å². The van der Waals surface area contributed by atoms with Crippen LogP contribution in [0.1, 0.15) is 27.2 Å². The van der Waals surface area contributed by atoms with Crippen LogP contribution in [0.25, 0.3) is 0 Å². The smallest absolute Gasteiger partial charge is 0.336 e. The van der Waals surface area contributed by atoms with Crippen LogP contribution >= 0.6 is 0 Å². The molecule has 1 aliphatic rings. The van der Waals surface area contributed by atoms with E-state index in [0.29, 0.717) is 5.92 Å². The minimum atomic E-state index is -0.999. The number of hydrogen-bond acceptors (Lipinski definition) is 3. The Morgan fingerprint density at radius 3 is 2.71 bits per heavy atom. The third-order valence-corrected chi connectivity index (χ3v) is 2.54. The molecule has 0 aromatic heterocycles. The van der Waals surface area contributed by atoms with Crippen molar-refractivity contribution < 1.29 is 19.4 Å². The normalized spacial score (nSPS) is 29.4. The molecular formula is C13H20O4. The summed E-state index contributed by atoms with van der Waals surface area (Å²) in [5.41, 5.74) is 0. The van der Waals surface area contributed by atoms with Crippen LogP contribution in [0.4, 0.5) is 0 Å². The highest BCUT2D eigenvalue weighted by Gasteiger charge is 2.44. The Balaban J connectivity index is 2.68. The van der Waals surface area contributed by atoms with Crippen molar-refractivity contribution in [2.45, 2.75) is 45.2 Å². The first-order valence-corrected chi connectivity index (χ1v) is 5.73. The summed E-state index contributed by atoms with van der Waals surface area (Å²) in [6.07, 6.45) is 4.92. The molecule has 0 bridgehead atoms. The molecule has 0 saturated carbocycles. The molecule has 1 fully saturated rings. The van der Waals surface area contributed by atoms with Crippen molar-refractivity contribution in [1.29, 1.82) is 0 Å². The highest BCUT2D eigenvalue weighted by atomic mass is 16.8. The predicted octanol–water partition coefficient (Wildman–Crippen LogP) is 2.36. The standard InChI is InChI=1S/C13H20O4/c1-5-6-9(2)7-8-10-11(12(14)15)17-13(3,4)16-10/h5,7-11H,1,6H2,2-4H3,(H,14,15)/b8-7+/t9-,10-,11-/m1/s1. The van der Waals surface area contributed by atoms with E-state index in [1.807, 2.05) is 19.1 Å². The highest BCUT2D eigenvalue weighted by Crippen LogP contribution is 2.29. The number of carbonyl (C=O) groups is 1. The maximum atomic E-state index is 11.0. The number of carboxylic acid groups (broad SMARTS) is 1. The third kappa shape index (κ3) is 3.98. The molecule has 0 amide bonds. The molecule has 96 valence electrons. The van der Waals surface area contributed by atoms with Gasteiger partial charge in [0.05, 0.1) is 0 Å². The lowest BCUT2D eigenvalue weighted by Crippen LogP contribution is -2.30. The van der Waals surface area contributed by atoms with E-state index in [4.69, 9.17) is 14.6 Å². The summed E-state index contributed by atoms with van der Waals surface area (Å²) in [5.74, 6) is -1.53. The molecule has 4 heteroatoms. The summed E-state index contributed by atoms with van der Waals surface area (Å²) < 4.78 is 10.9. The SMILES string of the molecule is C=CC[C@@H](C)/C=C/[C@H]1OC(C)(C)O[C@H]1C(=O)O. The second kappa shape index (κ2) is 5.47. The molecule has 1 N–H and O–H groups in total.